The molecule has 3 heterocycles. The molecule has 2 aromatic heterocycles. The average Bonchev–Trinajstić information content (AvgIpc) is 3.45. The molecule has 1 saturated heterocycles. The highest BCUT2D eigenvalue weighted by Gasteiger charge is 2.27. The number of aryl methyl sites for hydroxylation is 2. The zero-order valence-electron chi connectivity index (χ0n) is 16.6. The Kier molecular flexibility index (Phi) is 5.33. The van der Waals surface area contributed by atoms with E-state index < -0.39 is 0 Å². The number of thiazole rings is 1. The lowest BCUT2D eigenvalue weighted by Crippen LogP contribution is -2.37. The number of nitrogens with zero attached hydrogens (tertiary/aromatic N) is 4. The molecule has 150 valence electrons. The van der Waals surface area contributed by atoms with E-state index >= 15 is 0 Å². The molecule has 1 aliphatic heterocycles. The number of likely N-dealkylation sites (tertiary alicyclic amines) is 1. The molecule has 1 atom stereocenters. The van der Waals surface area contributed by atoms with Crippen molar-refractivity contribution in [1.82, 2.24) is 19.7 Å². The van der Waals surface area contributed by atoms with Crippen LogP contribution in [0.25, 0.3) is 0 Å². The van der Waals surface area contributed by atoms with Crippen molar-refractivity contribution in [2.45, 2.75) is 89.3 Å². The summed E-state index contributed by atoms with van der Waals surface area (Å²) in [5, 5.41) is 8.34. The zero-order chi connectivity index (χ0) is 18.9. The SMILES string of the molecule is O=c1cc2c(nn1CC1CCCN1Cc1csc(C3CCCC3)n1)CCCC2. The van der Waals surface area contributed by atoms with Gasteiger partial charge in [-0.3, -0.25) is 9.69 Å². The Morgan fingerprint density at radius 1 is 1.07 bits per heavy atom. The van der Waals surface area contributed by atoms with Crippen molar-refractivity contribution in [2.24, 2.45) is 0 Å². The van der Waals surface area contributed by atoms with Crippen LogP contribution in [0.4, 0.5) is 0 Å². The first-order valence-corrected chi connectivity index (χ1v) is 11.9. The zero-order valence-corrected chi connectivity index (χ0v) is 17.4. The summed E-state index contributed by atoms with van der Waals surface area (Å²) in [6, 6.07) is 2.23. The van der Waals surface area contributed by atoms with Gasteiger partial charge in [-0.2, -0.15) is 5.10 Å². The second-order valence-corrected chi connectivity index (χ2v) is 9.66. The van der Waals surface area contributed by atoms with Crippen LogP contribution in [0.1, 0.15) is 79.2 Å². The summed E-state index contributed by atoms with van der Waals surface area (Å²) in [5.74, 6) is 0.700. The predicted molar refractivity (Wildman–Crippen MR) is 112 cm³/mol. The molecule has 2 aromatic rings. The monoisotopic (exact) mass is 398 g/mol. The van der Waals surface area contributed by atoms with Gasteiger partial charge in [0.1, 0.15) is 0 Å². The van der Waals surface area contributed by atoms with Crippen LogP contribution in [0.5, 0.6) is 0 Å². The van der Waals surface area contributed by atoms with Gasteiger partial charge in [0, 0.05) is 30.0 Å². The van der Waals surface area contributed by atoms with Crippen LogP contribution in [0.15, 0.2) is 16.2 Å². The lowest BCUT2D eigenvalue weighted by Gasteiger charge is -2.24. The average molecular weight is 399 g/mol. The van der Waals surface area contributed by atoms with Crippen LogP contribution in [-0.2, 0) is 25.9 Å². The molecule has 0 N–H and O–H groups in total. The molecule has 0 aromatic carbocycles. The van der Waals surface area contributed by atoms with E-state index in [2.05, 4.69) is 10.3 Å². The van der Waals surface area contributed by atoms with E-state index in [1.165, 1.54) is 61.2 Å². The van der Waals surface area contributed by atoms with Gasteiger partial charge in [0.15, 0.2) is 0 Å². The van der Waals surface area contributed by atoms with Gasteiger partial charge in [-0.25, -0.2) is 9.67 Å². The van der Waals surface area contributed by atoms with Gasteiger partial charge in [0.2, 0.25) is 0 Å². The minimum absolute atomic E-state index is 0.0738. The molecule has 28 heavy (non-hydrogen) atoms. The van der Waals surface area contributed by atoms with E-state index in [1.54, 1.807) is 4.68 Å². The Bertz CT molecular complexity index is 883. The van der Waals surface area contributed by atoms with Crippen molar-refractivity contribution in [2.75, 3.05) is 6.54 Å². The smallest absolute Gasteiger partial charge is 0.267 e. The second-order valence-electron chi connectivity index (χ2n) is 8.77. The van der Waals surface area contributed by atoms with E-state index in [9.17, 15) is 4.79 Å². The molecule has 1 unspecified atom stereocenters. The first-order chi connectivity index (χ1) is 13.8. The first kappa shape index (κ1) is 18.5. The predicted octanol–water partition coefficient (Wildman–Crippen LogP) is 3.90. The van der Waals surface area contributed by atoms with E-state index in [0.717, 1.165) is 38.0 Å². The van der Waals surface area contributed by atoms with Crippen LogP contribution < -0.4 is 5.56 Å². The Labute approximate surface area is 170 Å². The Balaban J connectivity index is 1.28. The molecule has 6 heteroatoms. The third kappa shape index (κ3) is 3.81. The number of rotatable bonds is 5. The van der Waals surface area contributed by atoms with Gasteiger partial charge in [0.25, 0.3) is 5.56 Å². The molecular formula is C22H30N4OS. The van der Waals surface area contributed by atoms with Crippen LogP contribution in [0, 0.1) is 0 Å². The van der Waals surface area contributed by atoms with E-state index in [1.807, 2.05) is 17.4 Å². The molecule has 0 spiro atoms. The number of fused-ring (bicyclic) bond motifs is 1. The summed E-state index contributed by atoms with van der Waals surface area (Å²) < 4.78 is 1.73. The maximum absolute atomic E-state index is 12.6. The van der Waals surface area contributed by atoms with Crippen molar-refractivity contribution in [1.29, 1.82) is 0 Å². The van der Waals surface area contributed by atoms with Gasteiger partial charge in [-0.1, -0.05) is 12.8 Å². The molecular weight excluding hydrogens is 368 g/mol. The Hall–Kier alpha value is -1.53. The minimum atomic E-state index is 0.0738. The van der Waals surface area contributed by atoms with Gasteiger partial charge in [-0.15, -0.1) is 11.3 Å². The van der Waals surface area contributed by atoms with Crippen LogP contribution in [0.3, 0.4) is 0 Å². The number of aromatic nitrogens is 3. The van der Waals surface area contributed by atoms with E-state index in [4.69, 9.17) is 10.1 Å². The number of hydrogen-bond acceptors (Lipinski definition) is 5. The Morgan fingerprint density at radius 3 is 2.82 bits per heavy atom. The fraction of sp³-hybridized carbons (Fsp3) is 0.682. The van der Waals surface area contributed by atoms with Gasteiger partial charge in [0.05, 0.1) is 22.9 Å². The third-order valence-corrected chi connectivity index (χ3v) is 7.85. The topological polar surface area (TPSA) is 51.0 Å². The van der Waals surface area contributed by atoms with Crippen LogP contribution in [0.2, 0.25) is 0 Å². The maximum Gasteiger partial charge on any atom is 0.267 e. The van der Waals surface area contributed by atoms with Crippen molar-refractivity contribution >= 4 is 11.3 Å². The molecule has 5 nitrogen and oxygen atoms in total. The molecule has 5 rings (SSSR count). The fourth-order valence-corrected chi connectivity index (χ4v) is 6.19. The van der Waals surface area contributed by atoms with Crippen LogP contribution in [-0.4, -0.2) is 32.3 Å². The maximum atomic E-state index is 12.6. The van der Waals surface area contributed by atoms with Gasteiger partial charge < -0.3 is 0 Å². The molecule has 1 saturated carbocycles. The standard InChI is InChI=1S/C22H30N4OS/c27-21-12-17-8-3-4-10-20(17)24-26(21)14-19-9-5-11-25(19)13-18-15-28-22(23-18)16-6-1-2-7-16/h12,15-16,19H,1-11,13-14H2. The number of hydrogen-bond donors (Lipinski definition) is 0. The largest absolute Gasteiger partial charge is 0.293 e. The van der Waals surface area contributed by atoms with Crippen molar-refractivity contribution in [3.05, 3.63) is 43.8 Å². The van der Waals surface area contributed by atoms with Gasteiger partial charge >= 0.3 is 0 Å². The quantitative estimate of drug-likeness (QED) is 0.766. The highest BCUT2D eigenvalue weighted by Crippen LogP contribution is 2.36. The molecule has 2 aliphatic carbocycles. The molecule has 2 fully saturated rings. The summed E-state index contributed by atoms with van der Waals surface area (Å²) in [5.41, 5.74) is 3.61. The highest BCUT2D eigenvalue weighted by molar-refractivity contribution is 7.09. The summed E-state index contributed by atoms with van der Waals surface area (Å²) in [7, 11) is 0. The minimum Gasteiger partial charge on any atom is -0.293 e. The van der Waals surface area contributed by atoms with Crippen LogP contribution >= 0.6 is 11.3 Å². The van der Waals surface area contributed by atoms with E-state index in [-0.39, 0.29) is 5.56 Å². The lowest BCUT2D eigenvalue weighted by molar-refractivity contribution is 0.214. The first-order valence-electron chi connectivity index (χ1n) is 11.0. The summed E-state index contributed by atoms with van der Waals surface area (Å²) in [4.78, 5) is 20.0. The molecule has 0 amide bonds. The molecule has 0 bridgehead atoms. The molecule has 0 radical (unpaired) electrons. The third-order valence-electron chi connectivity index (χ3n) is 6.80. The highest BCUT2D eigenvalue weighted by atomic mass is 32.1. The second kappa shape index (κ2) is 8.07. The normalized spacial score (nSPS) is 23.4. The summed E-state index contributed by atoms with van der Waals surface area (Å²) >= 11 is 1.85. The fourth-order valence-electron chi connectivity index (χ4n) is 5.21. The van der Waals surface area contributed by atoms with E-state index in [0.29, 0.717) is 18.5 Å². The molecule has 3 aliphatic rings. The van der Waals surface area contributed by atoms with Crippen molar-refractivity contribution in [3.8, 4) is 0 Å². The van der Waals surface area contributed by atoms with Gasteiger partial charge in [-0.05, 0) is 63.5 Å². The lowest BCUT2D eigenvalue weighted by atomic mass is 9.97. The van der Waals surface area contributed by atoms with Crippen molar-refractivity contribution in [3.63, 3.8) is 0 Å². The van der Waals surface area contributed by atoms with Crippen molar-refractivity contribution < 1.29 is 0 Å². The Morgan fingerprint density at radius 2 is 1.93 bits per heavy atom. The summed E-state index contributed by atoms with van der Waals surface area (Å²) in [6.07, 6.45) is 12.1. The summed E-state index contributed by atoms with van der Waals surface area (Å²) in [6.45, 7) is 2.72.